The van der Waals surface area contributed by atoms with Gasteiger partial charge in [0.15, 0.2) is 11.8 Å². The second-order valence-electron chi connectivity index (χ2n) is 4.80. The van der Waals surface area contributed by atoms with Crippen molar-refractivity contribution in [3.8, 4) is 5.75 Å². The van der Waals surface area contributed by atoms with Gasteiger partial charge in [0.1, 0.15) is 5.75 Å². The number of nitrogens with one attached hydrogen (secondary N) is 1. The van der Waals surface area contributed by atoms with Gasteiger partial charge in [0.2, 0.25) is 5.89 Å². The average Bonchev–Trinajstić information content (AvgIpc) is 2.94. The number of para-hydroxylation sites is 1. The molecular weight excluding hydrogens is 282 g/mol. The largest absolute Gasteiger partial charge is 0.496 e. The summed E-state index contributed by atoms with van der Waals surface area (Å²) in [6, 6.07) is 7.92. The Bertz CT molecular complexity index is 638. The zero-order valence-electron chi connectivity index (χ0n) is 13.3. The van der Waals surface area contributed by atoms with Gasteiger partial charge >= 0.3 is 0 Å². The maximum atomic E-state index is 5.37. The zero-order valence-corrected chi connectivity index (χ0v) is 13.3. The molecule has 0 fully saturated rings. The number of benzene rings is 1. The van der Waals surface area contributed by atoms with Crippen LogP contribution >= 0.6 is 0 Å². The molecule has 1 aromatic heterocycles. The first kappa shape index (κ1) is 15.8. The smallest absolute Gasteiger partial charge is 0.246 e. The molecule has 7 heteroatoms. The Hall–Kier alpha value is -2.57. The summed E-state index contributed by atoms with van der Waals surface area (Å²) >= 11 is 0. The number of rotatable bonds is 5. The van der Waals surface area contributed by atoms with Crippen molar-refractivity contribution in [1.29, 1.82) is 0 Å². The molecule has 0 amide bonds. The fourth-order valence-electron chi connectivity index (χ4n) is 2.12. The summed E-state index contributed by atoms with van der Waals surface area (Å²) in [7, 11) is 5.37. The molecule has 0 spiro atoms. The summed E-state index contributed by atoms with van der Waals surface area (Å²) in [6.07, 6.45) is 0. The Morgan fingerprint density at radius 1 is 1.41 bits per heavy atom. The van der Waals surface area contributed by atoms with Crippen molar-refractivity contribution in [2.75, 3.05) is 21.2 Å². The third-order valence-electron chi connectivity index (χ3n) is 3.14. The van der Waals surface area contributed by atoms with Gasteiger partial charge in [-0.15, -0.1) is 0 Å². The minimum Gasteiger partial charge on any atom is -0.496 e. The van der Waals surface area contributed by atoms with Crippen molar-refractivity contribution >= 4 is 5.96 Å². The molecule has 0 aliphatic rings. The number of guanidine groups is 1. The molecule has 0 saturated heterocycles. The van der Waals surface area contributed by atoms with Crippen LogP contribution in [0.15, 0.2) is 33.8 Å². The lowest BCUT2D eigenvalue weighted by molar-refractivity contribution is 0.366. The molecule has 22 heavy (non-hydrogen) atoms. The van der Waals surface area contributed by atoms with Crippen LogP contribution in [0.1, 0.15) is 17.3 Å². The average molecular weight is 303 g/mol. The molecule has 0 radical (unpaired) electrons. The van der Waals surface area contributed by atoms with Crippen molar-refractivity contribution in [1.82, 2.24) is 20.4 Å². The summed E-state index contributed by atoms with van der Waals surface area (Å²) < 4.78 is 10.4. The monoisotopic (exact) mass is 303 g/mol. The summed E-state index contributed by atoms with van der Waals surface area (Å²) in [5.41, 5.74) is 1.09. The van der Waals surface area contributed by atoms with E-state index >= 15 is 0 Å². The van der Waals surface area contributed by atoms with E-state index in [-0.39, 0.29) is 0 Å². The highest BCUT2D eigenvalue weighted by Gasteiger charge is 2.11. The van der Waals surface area contributed by atoms with E-state index in [9.17, 15) is 0 Å². The summed E-state index contributed by atoms with van der Waals surface area (Å²) in [5.74, 6) is 2.75. The number of ether oxygens (including phenoxy) is 1. The molecule has 2 rings (SSSR count). The highest BCUT2D eigenvalue weighted by molar-refractivity contribution is 5.79. The van der Waals surface area contributed by atoms with E-state index in [0.29, 0.717) is 24.8 Å². The number of aromatic nitrogens is 2. The maximum Gasteiger partial charge on any atom is 0.246 e. The van der Waals surface area contributed by atoms with Gasteiger partial charge in [-0.05, 0) is 13.0 Å². The lowest BCUT2D eigenvalue weighted by atomic mass is 10.2. The lowest BCUT2D eigenvalue weighted by Crippen LogP contribution is -2.38. The third kappa shape index (κ3) is 3.97. The minimum atomic E-state index is 0.434. The number of methoxy groups -OCH3 is 1. The Morgan fingerprint density at radius 3 is 2.82 bits per heavy atom. The Balaban J connectivity index is 1.98. The van der Waals surface area contributed by atoms with Crippen LogP contribution in [-0.4, -0.2) is 42.2 Å². The fourth-order valence-corrected chi connectivity index (χ4v) is 2.12. The SMILES string of the molecule is CN=C(NCc1nc(C)no1)N(C)Cc1ccccc1OC. The molecule has 0 saturated carbocycles. The molecule has 1 aromatic carbocycles. The number of hydrogen-bond acceptors (Lipinski definition) is 5. The molecule has 0 aliphatic carbocycles. The first-order chi connectivity index (χ1) is 10.6. The normalized spacial score (nSPS) is 11.4. The summed E-state index contributed by atoms with van der Waals surface area (Å²) in [6.45, 7) is 2.89. The maximum absolute atomic E-state index is 5.37. The summed E-state index contributed by atoms with van der Waals surface area (Å²) in [5, 5.41) is 6.95. The van der Waals surface area contributed by atoms with Crippen LogP contribution in [0.2, 0.25) is 0 Å². The first-order valence-corrected chi connectivity index (χ1v) is 6.97. The molecule has 1 heterocycles. The number of aliphatic imine (C=N–C) groups is 1. The minimum absolute atomic E-state index is 0.434. The van der Waals surface area contributed by atoms with Crippen molar-refractivity contribution in [3.63, 3.8) is 0 Å². The van der Waals surface area contributed by atoms with Crippen molar-refractivity contribution in [2.24, 2.45) is 4.99 Å². The lowest BCUT2D eigenvalue weighted by Gasteiger charge is -2.22. The molecule has 0 aliphatic heterocycles. The molecule has 1 N–H and O–H groups in total. The van der Waals surface area contributed by atoms with Crippen LogP contribution in [0, 0.1) is 6.92 Å². The predicted octanol–water partition coefficient (Wildman–Crippen LogP) is 1.59. The van der Waals surface area contributed by atoms with E-state index in [4.69, 9.17) is 9.26 Å². The topological polar surface area (TPSA) is 75.8 Å². The zero-order chi connectivity index (χ0) is 15.9. The second kappa shape index (κ2) is 7.44. The van der Waals surface area contributed by atoms with Crippen LogP contribution in [0.5, 0.6) is 5.75 Å². The Kier molecular flexibility index (Phi) is 5.35. The number of hydrogen-bond donors (Lipinski definition) is 1. The van der Waals surface area contributed by atoms with Crippen LogP contribution < -0.4 is 10.1 Å². The van der Waals surface area contributed by atoms with E-state index in [2.05, 4.69) is 20.4 Å². The quantitative estimate of drug-likeness (QED) is 0.668. The third-order valence-corrected chi connectivity index (χ3v) is 3.14. The van der Waals surface area contributed by atoms with Crippen LogP contribution in [0.4, 0.5) is 0 Å². The van der Waals surface area contributed by atoms with E-state index in [1.165, 1.54) is 0 Å². The van der Waals surface area contributed by atoms with Crippen molar-refractivity contribution < 1.29 is 9.26 Å². The Labute approximate surface area is 130 Å². The van der Waals surface area contributed by atoms with Crippen molar-refractivity contribution in [3.05, 3.63) is 41.5 Å². The summed E-state index contributed by atoms with van der Waals surface area (Å²) in [4.78, 5) is 10.4. The van der Waals surface area contributed by atoms with Gasteiger partial charge in [-0.3, -0.25) is 4.99 Å². The van der Waals surface area contributed by atoms with Gasteiger partial charge in [0, 0.05) is 26.2 Å². The molecule has 0 unspecified atom stereocenters. The predicted molar refractivity (Wildman–Crippen MR) is 83.7 cm³/mol. The second-order valence-corrected chi connectivity index (χ2v) is 4.80. The first-order valence-electron chi connectivity index (χ1n) is 6.97. The molecule has 2 aromatic rings. The van der Waals surface area contributed by atoms with E-state index < -0.39 is 0 Å². The number of aryl methyl sites for hydroxylation is 1. The fraction of sp³-hybridized carbons (Fsp3) is 0.400. The highest BCUT2D eigenvalue weighted by atomic mass is 16.5. The van der Waals surface area contributed by atoms with Crippen LogP contribution in [0.25, 0.3) is 0 Å². The van der Waals surface area contributed by atoms with Crippen LogP contribution in [0.3, 0.4) is 0 Å². The molecule has 7 nitrogen and oxygen atoms in total. The molecule has 0 bridgehead atoms. The van der Waals surface area contributed by atoms with Gasteiger partial charge in [0.05, 0.1) is 13.7 Å². The standard InChI is InChI=1S/C15H21N5O2/c1-11-18-14(22-19-11)9-17-15(16-2)20(3)10-12-7-5-6-8-13(12)21-4/h5-8H,9-10H2,1-4H3,(H,16,17). The van der Waals surface area contributed by atoms with Gasteiger partial charge in [0.25, 0.3) is 0 Å². The van der Waals surface area contributed by atoms with E-state index in [0.717, 1.165) is 17.3 Å². The van der Waals surface area contributed by atoms with Crippen LogP contribution in [-0.2, 0) is 13.1 Å². The molecule has 118 valence electrons. The van der Waals surface area contributed by atoms with Crippen molar-refractivity contribution in [2.45, 2.75) is 20.0 Å². The van der Waals surface area contributed by atoms with E-state index in [1.54, 1.807) is 21.1 Å². The molecular formula is C15H21N5O2. The van der Waals surface area contributed by atoms with Gasteiger partial charge < -0.3 is 19.5 Å². The van der Waals surface area contributed by atoms with Gasteiger partial charge in [-0.2, -0.15) is 4.98 Å². The van der Waals surface area contributed by atoms with Gasteiger partial charge in [-0.1, -0.05) is 23.4 Å². The van der Waals surface area contributed by atoms with E-state index in [1.807, 2.05) is 36.2 Å². The Morgan fingerprint density at radius 2 is 2.18 bits per heavy atom. The highest BCUT2D eigenvalue weighted by Crippen LogP contribution is 2.18. The molecule has 0 atom stereocenters. The van der Waals surface area contributed by atoms with Gasteiger partial charge in [-0.25, -0.2) is 0 Å². The number of nitrogens with zero attached hydrogens (tertiary/aromatic N) is 4.